The van der Waals surface area contributed by atoms with Crippen LogP contribution in [-0.4, -0.2) is 29.6 Å². The molecule has 0 aromatic carbocycles. The van der Waals surface area contributed by atoms with E-state index in [9.17, 15) is 9.59 Å². The van der Waals surface area contributed by atoms with Gasteiger partial charge in [0.1, 0.15) is 0 Å². The largest absolute Gasteiger partial charge is 0.481 e. The van der Waals surface area contributed by atoms with Crippen molar-refractivity contribution in [1.82, 2.24) is 5.32 Å². The first kappa shape index (κ1) is 12.6. The highest BCUT2D eigenvalue weighted by molar-refractivity contribution is 5.82. The molecule has 0 fully saturated rings. The van der Waals surface area contributed by atoms with Crippen LogP contribution in [0.25, 0.3) is 0 Å². The quantitative estimate of drug-likeness (QED) is 0.514. The minimum atomic E-state index is -0.942. The second-order valence-corrected chi connectivity index (χ2v) is 3.12. The van der Waals surface area contributed by atoms with E-state index in [1.54, 1.807) is 6.08 Å². The zero-order chi connectivity index (χ0) is 11.1. The third-order valence-electron chi connectivity index (χ3n) is 1.76. The molecule has 2 unspecified atom stereocenters. The standard InChI is InChI=1S/C9H16N2O3/c1-3-4-7(10)8(12)11-5-6(2)9(13)14/h3,6-7H,1,4-5,10H2,2H3,(H,11,12)(H,13,14). The monoisotopic (exact) mass is 200 g/mol. The summed E-state index contributed by atoms with van der Waals surface area (Å²) in [4.78, 5) is 21.6. The number of carboxylic acids is 1. The smallest absolute Gasteiger partial charge is 0.308 e. The number of hydrogen-bond donors (Lipinski definition) is 3. The van der Waals surface area contributed by atoms with Crippen molar-refractivity contribution in [3.05, 3.63) is 12.7 Å². The maximum absolute atomic E-state index is 11.2. The Bertz CT molecular complexity index is 228. The van der Waals surface area contributed by atoms with Gasteiger partial charge in [-0.1, -0.05) is 13.0 Å². The first-order valence-corrected chi connectivity index (χ1v) is 4.36. The van der Waals surface area contributed by atoms with Crippen molar-refractivity contribution in [2.24, 2.45) is 11.7 Å². The normalized spacial score (nSPS) is 14.1. The summed E-state index contributed by atoms with van der Waals surface area (Å²) in [5.74, 6) is -1.89. The number of nitrogens with two attached hydrogens (primary N) is 1. The van der Waals surface area contributed by atoms with Gasteiger partial charge >= 0.3 is 5.97 Å². The van der Waals surface area contributed by atoms with E-state index in [1.807, 2.05) is 0 Å². The molecule has 0 aromatic rings. The van der Waals surface area contributed by atoms with Gasteiger partial charge in [-0.2, -0.15) is 0 Å². The van der Waals surface area contributed by atoms with Gasteiger partial charge in [-0.15, -0.1) is 6.58 Å². The summed E-state index contributed by atoms with van der Waals surface area (Å²) in [5.41, 5.74) is 5.46. The maximum atomic E-state index is 11.2. The fourth-order valence-electron chi connectivity index (χ4n) is 0.759. The van der Waals surface area contributed by atoms with Crippen LogP contribution in [0, 0.1) is 5.92 Å². The molecule has 0 aliphatic carbocycles. The molecule has 0 bridgehead atoms. The minimum Gasteiger partial charge on any atom is -0.481 e. The molecule has 0 aliphatic heterocycles. The first-order valence-electron chi connectivity index (χ1n) is 4.36. The number of amides is 1. The molecule has 0 saturated carbocycles. The summed E-state index contributed by atoms with van der Waals surface area (Å²) in [6.07, 6.45) is 1.93. The molecule has 0 radical (unpaired) electrons. The second-order valence-electron chi connectivity index (χ2n) is 3.12. The van der Waals surface area contributed by atoms with Gasteiger partial charge in [0, 0.05) is 6.54 Å². The van der Waals surface area contributed by atoms with Crippen molar-refractivity contribution < 1.29 is 14.7 Å². The van der Waals surface area contributed by atoms with Crippen molar-refractivity contribution in [2.75, 3.05) is 6.54 Å². The molecule has 4 N–H and O–H groups in total. The molecule has 2 atom stereocenters. The molecule has 0 spiro atoms. The van der Waals surface area contributed by atoms with Gasteiger partial charge in [-0.25, -0.2) is 0 Å². The Morgan fingerprint density at radius 2 is 2.21 bits per heavy atom. The van der Waals surface area contributed by atoms with E-state index < -0.39 is 17.9 Å². The number of rotatable bonds is 6. The van der Waals surface area contributed by atoms with E-state index in [-0.39, 0.29) is 12.5 Å². The average Bonchev–Trinajstić information content (AvgIpc) is 2.13. The SMILES string of the molecule is C=CCC(N)C(=O)NCC(C)C(=O)O. The van der Waals surface area contributed by atoms with Crippen molar-refractivity contribution in [2.45, 2.75) is 19.4 Å². The lowest BCUT2D eigenvalue weighted by molar-refractivity contribution is -0.141. The van der Waals surface area contributed by atoms with Crippen LogP contribution in [0.3, 0.4) is 0 Å². The zero-order valence-electron chi connectivity index (χ0n) is 8.19. The van der Waals surface area contributed by atoms with E-state index in [1.165, 1.54) is 6.92 Å². The number of carbonyl (C=O) groups is 2. The number of carbonyl (C=O) groups excluding carboxylic acids is 1. The van der Waals surface area contributed by atoms with Gasteiger partial charge in [0.05, 0.1) is 12.0 Å². The third kappa shape index (κ3) is 4.61. The topological polar surface area (TPSA) is 92.4 Å². The highest BCUT2D eigenvalue weighted by Gasteiger charge is 2.15. The molecule has 80 valence electrons. The van der Waals surface area contributed by atoms with Gasteiger partial charge in [-0.3, -0.25) is 9.59 Å². The van der Waals surface area contributed by atoms with E-state index in [0.29, 0.717) is 6.42 Å². The van der Waals surface area contributed by atoms with Gasteiger partial charge < -0.3 is 16.2 Å². The fourth-order valence-corrected chi connectivity index (χ4v) is 0.759. The van der Waals surface area contributed by atoms with Crippen LogP contribution in [0.15, 0.2) is 12.7 Å². The summed E-state index contributed by atoms with van der Waals surface area (Å²) >= 11 is 0. The summed E-state index contributed by atoms with van der Waals surface area (Å²) in [6.45, 7) is 5.06. The Labute approximate surface area is 83.0 Å². The van der Waals surface area contributed by atoms with Crippen molar-refractivity contribution in [1.29, 1.82) is 0 Å². The fraction of sp³-hybridized carbons (Fsp3) is 0.556. The Kier molecular flexibility index (Phi) is 5.55. The number of hydrogen-bond acceptors (Lipinski definition) is 3. The lowest BCUT2D eigenvalue weighted by Gasteiger charge is -2.11. The number of nitrogens with one attached hydrogen (secondary N) is 1. The molecule has 0 aromatic heterocycles. The lowest BCUT2D eigenvalue weighted by atomic mass is 10.1. The molecular weight excluding hydrogens is 184 g/mol. The minimum absolute atomic E-state index is 0.0962. The van der Waals surface area contributed by atoms with Crippen LogP contribution in [0.5, 0.6) is 0 Å². The van der Waals surface area contributed by atoms with E-state index in [2.05, 4.69) is 11.9 Å². The molecule has 0 saturated heterocycles. The molecule has 0 aliphatic rings. The second kappa shape index (κ2) is 6.15. The van der Waals surface area contributed by atoms with Gasteiger partial charge in [0.25, 0.3) is 0 Å². The first-order chi connectivity index (χ1) is 6.49. The average molecular weight is 200 g/mol. The van der Waals surface area contributed by atoms with Crippen LogP contribution >= 0.6 is 0 Å². The third-order valence-corrected chi connectivity index (χ3v) is 1.76. The molecule has 5 heteroatoms. The van der Waals surface area contributed by atoms with Crippen molar-refractivity contribution in [3.8, 4) is 0 Å². The molecule has 0 rings (SSSR count). The number of carboxylic acid groups (broad SMARTS) is 1. The van der Waals surface area contributed by atoms with E-state index in [4.69, 9.17) is 10.8 Å². The van der Waals surface area contributed by atoms with Crippen LogP contribution in [0.1, 0.15) is 13.3 Å². The summed E-state index contributed by atoms with van der Waals surface area (Å²) in [6, 6.07) is -0.645. The molecule has 0 heterocycles. The van der Waals surface area contributed by atoms with Crippen LogP contribution in [0.4, 0.5) is 0 Å². The lowest BCUT2D eigenvalue weighted by Crippen LogP contribution is -2.42. The Morgan fingerprint density at radius 3 is 2.64 bits per heavy atom. The predicted octanol–water partition coefficient (Wildman–Crippen LogP) is -0.273. The van der Waals surface area contributed by atoms with E-state index in [0.717, 1.165) is 0 Å². The van der Waals surface area contributed by atoms with Crippen LogP contribution in [-0.2, 0) is 9.59 Å². The molecular formula is C9H16N2O3. The van der Waals surface area contributed by atoms with Gasteiger partial charge in [-0.05, 0) is 6.42 Å². The summed E-state index contributed by atoms with van der Waals surface area (Å²) in [5, 5.41) is 11.0. The molecule has 5 nitrogen and oxygen atoms in total. The predicted molar refractivity (Wildman–Crippen MR) is 52.6 cm³/mol. The Balaban J connectivity index is 3.84. The number of aliphatic carboxylic acids is 1. The molecule has 14 heavy (non-hydrogen) atoms. The maximum Gasteiger partial charge on any atom is 0.308 e. The van der Waals surface area contributed by atoms with Crippen molar-refractivity contribution in [3.63, 3.8) is 0 Å². The highest BCUT2D eigenvalue weighted by atomic mass is 16.4. The van der Waals surface area contributed by atoms with Gasteiger partial charge in [0.2, 0.25) is 5.91 Å². The summed E-state index contributed by atoms with van der Waals surface area (Å²) in [7, 11) is 0. The van der Waals surface area contributed by atoms with Crippen LogP contribution < -0.4 is 11.1 Å². The van der Waals surface area contributed by atoms with Crippen molar-refractivity contribution >= 4 is 11.9 Å². The Morgan fingerprint density at radius 1 is 1.64 bits per heavy atom. The van der Waals surface area contributed by atoms with Crippen LogP contribution in [0.2, 0.25) is 0 Å². The summed E-state index contributed by atoms with van der Waals surface area (Å²) < 4.78 is 0. The Hall–Kier alpha value is -1.36. The zero-order valence-corrected chi connectivity index (χ0v) is 8.19. The molecule has 1 amide bonds. The van der Waals surface area contributed by atoms with E-state index >= 15 is 0 Å². The van der Waals surface area contributed by atoms with Gasteiger partial charge in [0.15, 0.2) is 0 Å². The highest BCUT2D eigenvalue weighted by Crippen LogP contribution is 1.93.